The van der Waals surface area contributed by atoms with Crippen LogP contribution in [0.3, 0.4) is 0 Å². The average Bonchev–Trinajstić information content (AvgIpc) is 2.80. The van der Waals surface area contributed by atoms with E-state index in [2.05, 4.69) is 21.0 Å². The Labute approximate surface area is 109 Å². The van der Waals surface area contributed by atoms with Crippen LogP contribution in [0, 0.1) is 0 Å². The van der Waals surface area contributed by atoms with Crippen LogP contribution < -0.4 is 10.5 Å². The van der Waals surface area contributed by atoms with Crippen molar-refractivity contribution in [1.29, 1.82) is 0 Å². The van der Waals surface area contributed by atoms with Crippen molar-refractivity contribution in [2.24, 2.45) is 5.73 Å². The summed E-state index contributed by atoms with van der Waals surface area (Å²) < 4.78 is 8.48. The molecule has 4 nitrogen and oxygen atoms in total. The van der Waals surface area contributed by atoms with E-state index in [1.165, 1.54) is 0 Å². The van der Waals surface area contributed by atoms with Crippen molar-refractivity contribution in [3.8, 4) is 5.75 Å². The van der Waals surface area contributed by atoms with Crippen LogP contribution in [0.25, 0.3) is 0 Å². The van der Waals surface area contributed by atoms with E-state index < -0.39 is 0 Å². The number of benzene rings is 1. The number of rotatable bonds is 5. The molecule has 1 aromatic carbocycles. The Kier molecular flexibility index (Phi) is 4.17. The minimum Gasteiger partial charge on any atom is -0.492 e. The van der Waals surface area contributed by atoms with Crippen molar-refractivity contribution in [2.45, 2.75) is 13.1 Å². The van der Waals surface area contributed by atoms with Gasteiger partial charge in [0.05, 0.1) is 12.7 Å². The fraction of sp³-hybridized carbons (Fsp3) is 0.250. The average molecular weight is 296 g/mol. The van der Waals surface area contributed by atoms with Crippen LogP contribution in [0.1, 0.15) is 5.56 Å². The molecule has 5 heteroatoms. The summed E-state index contributed by atoms with van der Waals surface area (Å²) in [4.78, 5) is 0. The number of nitrogens with two attached hydrogens (primary N) is 1. The van der Waals surface area contributed by atoms with E-state index in [0.29, 0.717) is 13.2 Å². The molecule has 0 fully saturated rings. The number of hydrogen-bond donors (Lipinski definition) is 1. The van der Waals surface area contributed by atoms with Crippen molar-refractivity contribution in [3.63, 3.8) is 0 Å². The summed E-state index contributed by atoms with van der Waals surface area (Å²) in [5, 5.41) is 4.18. The van der Waals surface area contributed by atoms with Gasteiger partial charge in [-0.2, -0.15) is 5.10 Å². The first-order valence-electron chi connectivity index (χ1n) is 5.37. The highest BCUT2D eigenvalue weighted by Crippen LogP contribution is 2.15. The lowest BCUT2D eigenvalue weighted by Crippen LogP contribution is -2.08. The van der Waals surface area contributed by atoms with Gasteiger partial charge in [0.15, 0.2) is 0 Å². The third-order valence-electron chi connectivity index (χ3n) is 2.33. The zero-order chi connectivity index (χ0) is 12.1. The molecule has 17 heavy (non-hydrogen) atoms. The zero-order valence-electron chi connectivity index (χ0n) is 9.34. The SMILES string of the molecule is NCc1cnn(CCOc2ccc(Br)cc2)c1. The standard InChI is InChI=1S/C12H14BrN3O/c13-11-1-3-12(4-2-11)17-6-5-16-9-10(7-14)8-15-16/h1-4,8-9H,5-7,14H2. The molecule has 0 saturated heterocycles. The quantitative estimate of drug-likeness (QED) is 0.920. The van der Waals surface area contributed by atoms with Crippen molar-refractivity contribution in [3.05, 3.63) is 46.7 Å². The Morgan fingerprint density at radius 3 is 2.71 bits per heavy atom. The van der Waals surface area contributed by atoms with Gasteiger partial charge in [0.25, 0.3) is 0 Å². The van der Waals surface area contributed by atoms with Crippen LogP contribution in [0.2, 0.25) is 0 Å². The van der Waals surface area contributed by atoms with Gasteiger partial charge in [0.1, 0.15) is 12.4 Å². The summed E-state index contributed by atoms with van der Waals surface area (Å²) in [6.07, 6.45) is 3.71. The van der Waals surface area contributed by atoms with Gasteiger partial charge in [0.2, 0.25) is 0 Å². The molecule has 2 N–H and O–H groups in total. The Morgan fingerprint density at radius 2 is 2.06 bits per heavy atom. The molecular formula is C12H14BrN3O. The van der Waals surface area contributed by atoms with Crippen LogP contribution in [0.4, 0.5) is 0 Å². The first kappa shape index (κ1) is 12.1. The second-order valence-corrected chi connectivity index (χ2v) is 4.53. The molecule has 2 aromatic rings. The van der Waals surface area contributed by atoms with Crippen LogP contribution in [0.15, 0.2) is 41.1 Å². The summed E-state index contributed by atoms with van der Waals surface area (Å²) in [6, 6.07) is 7.77. The lowest BCUT2D eigenvalue weighted by molar-refractivity contribution is 0.291. The molecule has 0 unspecified atom stereocenters. The minimum absolute atomic E-state index is 0.521. The third kappa shape index (κ3) is 3.57. The number of halogens is 1. The first-order chi connectivity index (χ1) is 8.28. The molecule has 0 amide bonds. The van der Waals surface area contributed by atoms with E-state index in [1.54, 1.807) is 6.20 Å². The lowest BCUT2D eigenvalue weighted by Gasteiger charge is -2.06. The topological polar surface area (TPSA) is 53.1 Å². The van der Waals surface area contributed by atoms with E-state index in [4.69, 9.17) is 10.5 Å². The van der Waals surface area contributed by atoms with Crippen LogP contribution in [-0.2, 0) is 13.1 Å². The van der Waals surface area contributed by atoms with Crippen LogP contribution in [-0.4, -0.2) is 16.4 Å². The van der Waals surface area contributed by atoms with Crippen LogP contribution >= 0.6 is 15.9 Å². The summed E-state index contributed by atoms with van der Waals surface area (Å²) in [6.45, 7) is 1.83. The molecule has 1 heterocycles. The normalized spacial score (nSPS) is 10.5. The first-order valence-corrected chi connectivity index (χ1v) is 6.17. The summed E-state index contributed by atoms with van der Waals surface area (Å²) >= 11 is 3.38. The van der Waals surface area contributed by atoms with Crippen molar-refractivity contribution in [1.82, 2.24) is 9.78 Å². The summed E-state index contributed by atoms with van der Waals surface area (Å²) in [7, 11) is 0. The van der Waals surface area contributed by atoms with E-state index in [0.717, 1.165) is 22.3 Å². The number of ether oxygens (including phenoxy) is 1. The van der Waals surface area contributed by atoms with E-state index in [1.807, 2.05) is 35.1 Å². The Bertz CT molecular complexity index is 467. The molecule has 1 aromatic heterocycles. The van der Waals surface area contributed by atoms with Gasteiger partial charge in [-0.05, 0) is 24.3 Å². The smallest absolute Gasteiger partial charge is 0.119 e. The molecular weight excluding hydrogens is 282 g/mol. The molecule has 0 spiro atoms. The summed E-state index contributed by atoms with van der Waals surface area (Å²) in [5.74, 6) is 0.861. The molecule has 90 valence electrons. The highest BCUT2D eigenvalue weighted by molar-refractivity contribution is 9.10. The minimum atomic E-state index is 0.521. The van der Waals surface area contributed by atoms with E-state index in [9.17, 15) is 0 Å². The monoisotopic (exact) mass is 295 g/mol. The van der Waals surface area contributed by atoms with E-state index >= 15 is 0 Å². The Hall–Kier alpha value is -1.33. The van der Waals surface area contributed by atoms with Gasteiger partial charge in [-0.1, -0.05) is 15.9 Å². The predicted octanol–water partition coefficient (Wildman–Crippen LogP) is 2.18. The van der Waals surface area contributed by atoms with Gasteiger partial charge < -0.3 is 10.5 Å². The van der Waals surface area contributed by atoms with Gasteiger partial charge in [-0.3, -0.25) is 4.68 Å². The second-order valence-electron chi connectivity index (χ2n) is 3.62. The van der Waals surface area contributed by atoms with Gasteiger partial charge >= 0.3 is 0 Å². The largest absolute Gasteiger partial charge is 0.492 e. The summed E-state index contributed by atoms with van der Waals surface area (Å²) in [5.41, 5.74) is 6.54. The van der Waals surface area contributed by atoms with Gasteiger partial charge in [-0.25, -0.2) is 0 Å². The molecule has 0 aliphatic rings. The van der Waals surface area contributed by atoms with Crippen molar-refractivity contribution in [2.75, 3.05) is 6.61 Å². The molecule has 0 aliphatic heterocycles. The lowest BCUT2D eigenvalue weighted by atomic mass is 10.3. The molecule has 0 aliphatic carbocycles. The fourth-order valence-electron chi connectivity index (χ4n) is 1.42. The Morgan fingerprint density at radius 1 is 1.29 bits per heavy atom. The molecule has 0 bridgehead atoms. The maximum atomic E-state index is 5.59. The highest BCUT2D eigenvalue weighted by atomic mass is 79.9. The molecule has 2 rings (SSSR count). The molecule has 0 atom stereocenters. The van der Waals surface area contributed by atoms with Crippen molar-refractivity contribution >= 4 is 15.9 Å². The highest BCUT2D eigenvalue weighted by Gasteiger charge is 1.97. The van der Waals surface area contributed by atoms with E-state index in [-0.39, 0.29) is 0 Å². The number of hydrogen-bond acceptors (Lipinski definition) is 3. The molecule has 0 radical (unpaired) electrons. The maximum Gasteiger partial charge on any atom is 0.119 e. The third-order valence-corrected chi connectivity index (χ3v) is 2.85. The fourth-order valence-corrected chi connectivity index (χ4v) is 1.69. The Balaban J connectivity index is 1.81. The predicted molar refractivity (Wildman–Crippen MR) is 69.8 cm³/mol. The van der Waals surface area contributed by atoms with Gasteiger partial charge in [-0.15, -0.1) is 0 Å². The maximum absolute atomic E-state index is 5.59. The van der Waals surface area contributed by atoms with Crippen molar-refractivity contribution < 1.29 is 4.74 Å². The molecule has 0 saturated carbocycles. The number of nitrogens with zero attached hydrogens (tertiary/aromatic N) is 2. The van der Waals surface area contributed by atoms with Gasteiger partial charge in [0, 0.05) is 22.8 Å². The number of aromatic nitrogens is 2. The van der Waals surface area contributed by atoms with Crippen LogP contribution in [0.5, 0.6) is 5.75 Å². The zero-order valence-corrected chi connectivity index (χ0v) is 10.9. The second kappa shape index (κ2) is 5.84.